The molecule has 0 saturated heterocycles. The summed E-state index contributed by atoms with van der Waals surface area (Å²) < 4.78 is 4.61. The molecule has 0 aromatic carbocycles. The summed E-state index contributed by atoms with van der Waals surface area (Å²) >= 11 is 0. The van der Waals surface area contributed by atoms with Gasteiger partial charge in [0.05, 0.1) is 7.11 Å². The minimum absolute atomic E-state index is 0.130. The van der Waals surface area contributed by atoms with E-state index in [9.17, 15) is 14.7 Å². The third kappa shape index (κ3) is 4.23. The Morgan fingerprint density at radius 3 is 2.54 bits per heavy atom. The van der Waals surface area contributed by atoms with Crippen LogP contribution in [0.25, 0.3) is 0 Å². The van der Waals surface area contributed by atoms with Gasteiger partial charge in [0, 0.05) is 17.9 Å². The number of allylic oxidation sites excluding steroid dienone is 3. The lowest BCUT2D eigenvalue weighted by Gasteiger charge is -2.46. The predicted molar refractivity (Wildman–Crippen MR) is 95.5 cm³/mol. The van der Waals surface area contributed by atoms with Crippen LogP contribution in [0.2, 0.25) is 0 Å². The Balaban J connectivity index is 3.27. The Morgan fingerprint density at radius 1 is 1.38 bits per heavy atom. The normalized spacial score (nSPS) is 24.6. The van der Waals surface area contributed by atoms with Crippen LogP contribution in [0.4, 0.5) is 0 Å². The molecule has 0 fully saturated rings. The lowest BCUT2D eigenvalue weighted by atomic mass is 9.62. The Morgan fingerprint density at radius 2 is 2.00 bits per heavy atom. The fourth-order valence-electron chi connectivity index (χ4n) is 3.17. The number of ether oxygens (including phenoxy) is 1. The maximum Gasteiger partial charge on any atom is 0.330 e. The second kappa shape index (κ2) is 7.93. The molecule has 1 rings (SSSR count). The van der Waals surface area contributed by atoms with Gasteiger partial charge in [-0.2, -0.15) is 0 Å². The number of hydrogen-bond donors (Lipinski definition) is 1. The van der Waals surface area contributed by atoms with Crippen molar-refractivity contribution in [2.45, 2.75) is 65.9 Å². The van der Waals surface area contributed by atoms with Crippen molar-refractivity contribution in [3.8, 4) is 0 Å². The lowest BCUT2D eigenvalue weighted by molar-refractivity contribution is -0.134. The number of ketones is 1. The van der Waals surface area contributed by atoms with Crippen molar-refractivity contribution >= 4 is 11.8 Å². The molecule has 0 unspecified atom stereocenters. The van der Waals surface area contributed by atoms with E-state index in [-0.39, 0.29) is 5.78 Å². The van der Waals surface area contributed by atoms with Gasteiger partial charge in [-0.1, -0.05) is 33.3 Å². The van der Waals surface area contributed by atoms with Gasteiger partial charge in [0.15, 0.2) is 5.78 Å². The predicted octanol–water partition coefficient (Wildman–Crippen LogP) is 3.90. The molecule has 0 radical (unpaired) electrons. The molecule has 0 aromatic rings. The molecule has 0 bridgehead atoms. The van der Waals surface area contributed by atoms with E-state index in [1.54, 1.807) is 19.1 Å². The number of rotatable bonds is 6. The van der Waals surface area contributed by atoms with Gasteiger partial charge in [-0.25, -0.2) is 4.79 Å². The van der Waals surface area contributed by atoms with E-state index in [2.05, 4.69) is 11.7 Å². The maximum atomic E-state index is 12.5. The first-order valence-electron chi connectivity index (χ1n) is 8.50. The van der Waals surface area contributed by atoms with E-state index in [4.69, 9.17) is 0 Å². The molecule has 1 atom stereocenters. The van der Waals surface area contributed by atoms with Gasteiger partial charge < -0.3 is 9.84 Å². The zero-order valence-electron chi connectivity index (χ0n) is 15.7. The van der Waals surface area contributed by atoms with Crippen LogP contribution in [0.15, 0.2) is 34.9 Å². The molecule has 0 heterocycles. The quantitative estimate of drug-likeness (QED) is 0.454. The van der Waals surface area contributed by atoms with Crippen LogP contribution in [0.1, 0.15) is 60.3 Å². The van der Waals surface area contributed by atoms with Crippen molar-refractivity contribution in [3.05, 3.63) is 34.9 Å². The first kappa shape index (κ1) is 20.4. The number of methoxy groups -OCH3 is 1. The number of hydrogen-bond acceptors (Lipinski definition) is 4. The summed E-state index contributed by atoms with van der Waals surface area (Å²) in [4.78, 5) is 23.8. The highest BCUT2D eigenvalue weighted by molar-refractivity contribution is 5.98. The summed E-state index contributed by atoms with van der Waals surface area (Å²) in [6.45, 7) is 9.49. The molecule has 4 heteroatoms. The van der Waals surface area contributed by atoms with Gasteiger partial charge in [0.1, 0.15) is 5.60 Å². The lowest BCUT2D eigenvalue weighted by Crippen LogP contribution is -2.49. The zero-order valence-corrected chi connectivity index (χ0v) is 15.7. The van der Waals surface area contributed by atoms with E-state index in [1.807, 2.05) is 20.8 Å². The second-order valence-electron chi connectivity index (χ2n) is 7.20. The Kier molecular flexibility index (Phi) is 6.73. The summed E-state index contributed by atoms with van der Waals surface area (Å²) in [7, 11) is 1.33. The Bertz CT molecular complexity index is 593. The largest absolute Gasteiger partial charge is 0.466 e. The summed E-state index contributed by atoms with van der Waals surface area (Å²) in [5.41, 5.74) is 0.337. The molecule has 0 saturated carbocycles. The molecule has 1 aliphatic carbocycles. The molecular formula is C20H30O4. The van der Waals surface area contributed by atoms with Crippen molar-refractivity contribution in [3.63, 3.8) is 0 Å². The van der Waals surface area contributed by atoms with Crippen LogP contribution in [0.5, 0.6) is 0 Å². The van der Waals surface area contributed by atoms with E-state index in [0.29, 0.717) is 18.4 Å². The van der Waals surface area contributed by atoms with Gasteiger partial charge in [-0.05, 0) is 49.5 Å². The van der Waals surface area contributed by atoms with Crippen LogP contribution < -0.4 is 0 Å². The first-order valence-corrected chi connectivity index (χ1v) is 8.50. The zero-order chi connectivity index (χ0) is 18.5. The average Bonchev–Trinajstić information content (AvgIpc) is 2.50. The van der Waals surface area contributed by atoms with E-state index in [1.165, 1.54) is 13.2 Å². The van der Waals surface area contributed by atoms with E-state index < -0.39 is 17.0 Å². The van der Waals surface area contributed by atoms with Crippen LogP contribution in [-0.4, -0.2) is 29.6 Å². The average molecular weight is 334 g/mol. The van der Waals surface area contributed by atoms with Crippen molar-refractivity contribution < 1.29 is 19.4 Å². The first-order chi connectivity index (χ1) is 11.1. The molecular weight excluding hydrogens is 304 g/mol. The third-order valence-corrected chi connectivity index (χ3v) is 4.91. The molecule has 1 N–H and O–H groups in total. The van der Waals surface area contributed by atoms with E-state index >= 15 is 0 Å². The molecule has 1 aliphatic rings. The van der Waals surface area contributed by atoms with Gasteiger partial charge in [-0.15, -0.1) is 0 Å². The number of carbonyl (C=O) groups is 2. The van der Waals surface area contributed by atoms with Crippen molar-refractivity contribution in [2.75, 3.05) is 7.11 Å². The van der Waals surface area contributed by atoms with Crippen LogP contribution in [-0.2, 0) is 14.3 Å². The topological polar surface area (TPSA) is 63.6 Å². The Hall–Kier alpha value is -1.68. The molecule has 4 nitrogen and oxygen atoms in total. The van der Waals surface area contributed by atoms with Gasteiger partial charge in [-0.3, -0.25) is 4.79 Å². The van der Waals surface area contributed by atoms with Gasteiger partial charge in [0.2, 0.25) is 0 Å². The molecule has 24 heavy (non-hydrogen) atoms. The van der Waals surface area contributed by atoms with Crippen molar-refractivity contribution in [1.82, 2.24) is 0 Å². The minimum atomic E-state index is -1.21. The molecule has 0 aromatic heterocycles. The SMILES string of the molecule is CCCCC1=C(C)[C@](O)(/C=C/C(C)=C\C(=O)OC)C(C)(C)CC1=O. The van der Waals surface area contributed by atoms with Gasteiger partial charge >= 0.3 is 5.97 Å². The highest BCUT2D eigenvalue weighted by Gasteiger charge is 2.49. The fraction of sp³-hybridized carbons (Fsp3) is 0.600. The smallest absolute Gasteiger partial charge is 0.330 e. The molecule has 0 aliphatic heterocycles. The minimum Gasteiger partial charge on any atom is -0.466 e. The summed E-state index contributed by atoms with van der Waals surface area (Å²) in [6, 6.07) is 0. The highest BCUT2D eigenvalue weighted by Crippen LogP contribution is 2.47. The monoisotopic (exact) mass is 334 g/mol. The molecule has 0 spiro atoms. The van der Waals surface area contributed by atoms with E-state index in [0.717, 1.165) is 24.0 Å². The number of Topliss-reactive ketones (excluding diaryl/α,β-unsaturated/α-hetero) is 1. The molecule has 0 amide bonds. The van der Waals surface area contributed by atoms with Crippen molar-refractivity contribution in [1.29, 1.82) is 0 Å². The van der Waals surface area contributed by atoms with Crippen LogP contribution in [0.3, 0.4) is 0 Å². The maximum absolute atomic E-state index is 12.5. The van der Waals surface area contributed by atoms with Crippen LogP contribution in [0, 0.1) is 5.41 Å². The highest BCUT2D eigenvalue weighted by atomic mass is 16.5. The van der Waals surface area contributed by atoms with Gasteiger partial charge in [0.25, 0.3) is 0 Å². The van der Waals surface area contributed by atoms with Crippen LogP contribution >= 0.6 is 0 Å². The standard InChI is InChI=1S/C20H30O4/c1-7-8-9-16-15(3)20(23,19(4,5)13-17(16)21)11-10-14(2)12-18(22)24-6/h10-12,23H,7-9,13H2,1-6H3/b11-10+,14-12-/t20-/m1/s1. The third-order valence-electron chi connectivity index (χ3n) is 4.91. The number of unbranched alkanes of at least 4 members (excludes halogenated alkanes) is 1. The Labute approximate surface area is 145 Å². The number of aliphatic hydroxyl groups is 1. The summed E-state index contributed by atoms with van der Waals surface area (Å²) in [5.74, 6) is -0.302. The molecule has 134 valence electrons. The summed E-state index contributed by atoms with van der Waals surface area (Å²) in [5, 5.41) is 11.4. The number of carbonyl (C=O) groups excluding carboxylic acids is 2. The second-order valence-corrected chi connectivity index (χ2v) is 7.20. The fourth-order valence-corrected chi connectivity index (χ4v) is 3.17. The van der Waals surface area contributed by atoms with Crippen molar-refractivity contribution in [2.24, 2.45) is 5.41 Å². The number of esters is 1. The summed E-state index contributed by atoms with van der Waals surface area (Å²) in [6.07, 6.45) is 7.74.